The maximum absolute atomic E-state index is 11.7. The molecule has 0 aliphatic rings. The third-order valence-corrected chi connectivity index (χ3v) is 2.35. The number of rotatable bonds is 4. The van der Waals surface area contributed by atoms with Crippen LogP contribution in [0.5, 0.6) is 0 Å². The van der Waals surface area contributed by atoms with Gasteiger partial charge in [-0.2, -0.15) is 0 Å². The predicted molar refractivity (Wildman–Crippen MR) is 64.3 cm³/mol. The number of nitrogens with zero attached hydrogens (tertiary/aromatic N) is 2. The van der Waals surface area contributed by atoms with Crippen molar-refractivity contribution in [3.8, 4) is 0 Å². The van der Waals surface area contributed by atoms with Gasteiger partial charge in [-0.3, -0.25) is 9.59 Å². The number of nitrogens with two attached hydrogens (primary N) is 1. The molecule has 0 spiro atoms. The smallest absolute Gasteiger partial charge is 0.272 e. The molecule has 0 bridgehead atoms. The minimum Gasteiger partial charge on any atom is -0.397 e. The zero-order chi connectivity index (χ0) is 12.8. The van der Waals surface area contributed by atoms with Gasteiger partial charge in [-0.1, -0.05) is 0 Å². The number of amides is 2. The molecule has 0 aromatic carbocycles. The van der Waals surface area contributed by atoms with E-state index in [1.807, 2.05) is 6.92 Å². The summed E-state index contributed by atoms with van der Waals surface area (Å²) in [6, 6.07) is 3.23. The van der Waals surface area contributed by atoms with Crippen LogP contribution in [0, 0.1) is 0 Å². The third kappa shape index (κ3) is 3.44. The molecule has 0 unspecified atom stereocenters. The van der Waals surface area contributed by atoms with E-state index in [-0.39, 0.29) is 18.1 Å². The molecule has 1 aromatic heterocycles. The molecule has 0 aliphatic carbocycles. The van der Waals surface area contributed by atoms with Gasteiger partial charge in [-0.15, -0.1) is 0 Å². The molecule has 0 fully saturated rings. The van der Waals surface area contributed by atoms with Crippen LogP contribution in [-0.4, -0.2) is 41.8 Å². The molecule has 0 saturated heterocycles. The minimum absolute atomic E-state index is 0.0564. The van der Waals surface area contributed by atoms with Crippen LogP contribution in [0.1, 0.15) is 17.4 Å². The summed E-state index contributed by atoms with van der Waals surface area (Å²) in [7, 11) is 1.67. The summed E-state index contributed by atoms with van der Waals surface area (Å²) in [5.74, 6) is -0.601. The molecule has 1 heterocycles. The molecule has 1 rings (SSSR count). The first-order chi connectivity index (χ1) is 8.06. The number of hydrogen-bond donors (Lipinski definition) is 2. The van der Waals surface area contributed by atoms with Crippen LogP contribution < -0.4 is 11.1 Å². The van der Waals surface area contributed by atoms with Crippen molar-refractivity contribution < 1.29 is 9.59 Å². The lowest BCUT2D eigenvalue weighted by atomic mass is 10.3. The summed E-state index contributed by atoms with van der Waals surface area (Å²) in [6.45, 7) is 2.40. The number of carbonyl (C=O) groups excluding carboxylic acids is 2. The third-order valence-electron chi connectivity index (χ3n) is 2.35. The predicted octanol–water partition coefficient (Wildman–Crippen LogP) is -0.128. The number of nitrogens with one attached hydrogen (secondary N) is 1. The molecule has 3 N–H and O–H groups in total. The number of nitrogen functional groups attached to an aromatic ring is 1. The molecule has 0 atom stereocenters. The van der Waals surface area contributed by atoms with Crippen molar-refractivity contribution in [3.63, 3.8) is 0 Å². The highest BCUT2D eigenvalue weighted by Gasteiger charge is 2.13. The second-order valence-electron chi connectivity index (χ2n) is 3.53. The summed E-state index contributed by atoms with van der Waals surface area (Å²) >= 11 is 0. The van der Waals surface area contributed by atoms with Crippen LogP contribution in [0.2, 0.25) is 0 Å². The van der Waals surface area contributed by atoms with Crippen LogP contribution in [0.3, 0.4) is 0 Å². The van der Waals surface area contributed by atoms with Gasteiger partial charge in [0, 0.05) is 19.8 Å². The quantitative estimate of drug-likeness (QED) is 0.762. The molecule has 6 heteroatoms. The zero-order valence-electron chi connectivity index (χ0n) is 9.93. The largest absolute Gasteiger partial charge is 0.397 e. The molecule has 0 saturated carbocycles. The fourth-order valence-electron chi connectivity index (χ4n) is 1.16. The molecule has 0 aliphatic heterocycles. The van der Waals surface area contributed by atoms with E-state index in [1.54, 1.807) is 19.2 Å². The van der Waals surface area contributed by atoms with Crippen LogP contribution in [0.4, 0.5) is 5.69 Å². The van der Waals surface area contributed by atoms with E-state index in [0.717, 1.165) is 0 Å². The lowest BCUT2D eigenvalue weighted by Crippen LogP contribution is -2.38. The van der Waals surface area contributed by atoms with Gasteiger partial charge in [0.1, 0.15) is 0 Å². The first-order valence-corrected chi connectivity index (χ1v) is 5.29. The van der Waals surface area contributed by atoms with Gasteiger partial charge in [0.15, 0.2) is 5.69 Å². The van der Waals surface area contributed by atoms with Crippen molar-refractivity contribution >= 4 is 17.5 Å². The Morgan fingerprint density at radius 2 is 2.24 bits per heavy atom. The zero-order valence-corrected chi connectivity index (χ0v) is 9.93. The minimum atomic E-state index is -0.444. The lowest BCUT2D eigenvalue weighted by Gasteiger charge is -2.14. The van der Waals surface area contributed by atoms with Gasteiger partial charge in [0.05, 0.1) is 12.2 Å². The molecular weight excluding hydrogens is 220 g/mol. The maximum atomic E-state index is 11.7. The average Bonchev–Trinajstić information content (AvgIpc) is 2.35. The number of aromatic nitrogens is 1. The van der Waals surface area contributed by atoms with Crippen LogP contribution in [0.15, 0.2) is 18.3 Å². The van der Waals surface area contributed by atoms with Crippen LogP contribution in [0.25, 0.3) is 0 Å². The summed E-state index contributed by atoms with van der Waals surface area (Å²) in [5, 5.41) is 2.48. The average molecular weight is 236 g/mol. The Kier molecular flexibility index (Phi) is 4.45. The Morgan fingerprint density at radius 3 is 2.82 bits per heavy atom. The van der Waals surface area contributed by atoms with Crippen molar-refractivity contribution in [2.45, 2.75) is 6.92 Å². The number of likely N-dealkylation sites (N-methyl/N-ethyl adjacent to an activating group) is 1. The Labute approximate surface area is 99.8 Å². The molecule has 1 aromatic rings. The maximum Gasteiger partial charge on any atom is 0.272 e. The standard InChI is InChI=1S/C11H16N4O2/c1-3-15(2)9(16)7-14-11(17)10-8(12)5-4-6-13-10/h4-6H,3,7,12H2,1-2H3,(H,14,17). The van der Waals surface area contributed by atoms with Crippen molar-refractivity contribution in [2.75, 3.05) is 25.9 Å². The topological polar surface area (TPSA) is 88.3 Å². The van der Waals surface area contributed by atoms with E-state index in [0.29, 0.717) is 12.2 Å². The van der Waals surface area contributed by atoms with E-state index >= 15 is 0 Å². The first-order valence-electron chi connectivity index (χ1n) is 5.29. The first kappa shape index (κ1) is 13.0. The highest BCUT2D eigenvalue weighted by molar-refractivity contribution is 5.98. The Hall–Kier alpha value is -2.11. The van der Waals surface area contributed by atoms with Crippen molar-refractivity contribution in [3.05, 3.63) is 24.0 Å². The second kappa shape index (κ2) is 5.83. The monoisotopic (exact) mass is 236 g/mol. The van der Waals surface area contributed by atoms with E-state index in [4.69, 9.17) is 5.73 Å². The van der Waals surface area contributed by atoms with Gasteiger partial charge in [-0.25, -0.2) is 4.98 Å². The van der Waals surface area contributed by atoms with Crippen molar-refractivity contribution in [1.82, 2.24) is 15.2 Å². The van der Waals surface area contributed by atoms with Gasteiger partial charge in [0.25, 0.3) is 5.91 Å². The Bertz CT molecular complexity index is 420. The fourth-order valence-corrected chi connectivity index (χ4v) is 1.16. The summed E-state index contributed by atoms with van der Waals surface area (Å²) in [6.07, 6.45) is 1.48. The van der Waals surface area contributed by atoms with Crippen molar-refractivity contribution in [1.29, 1.82) is 0 Å². The van der Waals surface area contributed by atoms with E-state index < -0.39 is 5.91 Å². The normalized spacial score (nSPS) is 9.76. The molecule has 2 amide bonds. The highest BCUT2D eigenvalue weighted by atomic mass is 16.2. The lowest BCUT2D eigenvalue weighted by molar-refractivity contribution is -0.128. The summed E-state index contributed by atoms with van der Waals surface area (Å²) in [4.78, 5) is 28.5. The molecule has 92 valence electrons. The van der Waals surface area contributed by atoms with Gasteiger partial charge in [0.2, 0.25) is 5.91 Å². The highest BCUT2D eigenvalue weighted by Crippen LogP contribution is 2.05. The van der Waals surface area contributed by atoms with E-state index in [1.165, 1.54) is 11.1 Å². The Balaban J connectivity index is 2.57. The number of pyridine rings is 1. The molecular formula is C11H16N4O2. The SMILES string of the molecule is CCN(C)C(=O)CNC(=O)c1ncccc1N. The molecule has 0 radical (unpaired) electrons. The second-order valence-corrected chi connectivity index (χ2v) is 3.53. The van der Waals surface area contributed by atoms with Gasteiger partial charge in [-0.05, 0) is 19.1 Å². The molecule has 6 nitrogen and oxygen atoms in total. The van der Waals surface area contributed by atoms with Crippen molar-refractivity contribution in [2.24, 2.45) is 0 Å². The van der Waals surface area contributed by atoms with Crippen LogP contribution in [-0.2, 0) is 4.79 Å². The molecule has 17 heavy (non-hydrogen) atoms. The number of hydrogen-bond acceptors (Lipinski definition) is 4. The van der Waals surface area contributed by atoms with Gasteiger partial charge < -0.3 is 16.0 Å². The summed E-state index contributed by atoms with van der Waals surface area (Å²) < 4.78 is 0. The number of anilines is 1. The van der Waals surface area contributed by atoms with E-state index in [2.05, 4.69) is 10.3 Å². The van der Waals surface area contributed by atoms with Gasteiger partial charge >= 0.3 is 0 Å². The number of carbonyl (C=O) groups is 2. The Morgan fingerprint density at radius 1 is 1.53 bits per heavy atom. The van der Waals surface area contributed by atoms with E-state index in [9.17, 15) is 9.59 Å². The van der Waals surface area contributed by atoms with Crippen LogP contribution >= 0.6 is 0 Å². The fraction of sp³-hybridized carbons (Fsp3) is 0.364. The summed E-state index contributed by atoms with van der Waals surface area (Å²) in [5.41, 5.74) is 6.03.